The van der Waals surface area contributed by atoms with Gasteiger partial charge in [0.1, 0.15) is 12.4 Å². The molecule has 2 aromatic rings. The van der Waals surface area contributed by atoms with E-state index in [1.165, 1.54) is 16.7 Å². The van der Waals surface area contributed by atoms with Crippen LogP contribution in [-0.4, -0.2) is 22.1 Å². The van der Waals surface area contributed by atoms with E-state index < -0.39 is 5.97 Å². The number of carbonyl (C=O) groups is 1. The minimum Gasteiger partial charge on any atom is -0.465 e. The third kappa shape index (κ3) is 2.78. The van der Waals surface area contributed by atoms with Gasteiger partial charge < -0.3 is 4.74 Å². The first-order valence-corrected chi connectivity index (χ1v) is 6.71. The van der Waals surface area contributed by atoms with Crippen LogP contribution in [0.3, 0.4) is 0 Å². The Hall–Kier alpha value is -1.59. The monoisotopic (exact) mass is 314 g/mol. The number of ether oxygens (including phenoxy) is 1. The first kappa shape index (κ1) is 14.8. The van der Waals surface area contributed by atoms with Crippen LogP contribution in [0.2, 0.25) is 10.0 Å². The maximum absolute atomic E-state index is 12.4. The van der Waals surface area contributed by atoms with Crippen LogP contribution >= 0.6 is 23.2 Å². The van der Waals surface area contributed by atoms with E-state index in [9.17, 15) is 9.59 Å². The molecular formula is C13H12Cl2N2O3. The Morgan fingerprint density at radius 2 is 2.10 bits per heavy atom. The van der Waals surface area contributed by atoms with Crippen LogP contribution in [0.25, 0.3) is 10.9 Å². The molecule has 1 heterocycles. The predicted molar refractivity (Wildman–Crippen MR) is 77.4 cm³/mol. The van der Waals surface area contributed by atoms with Crippen LogP contribution in [0, 0.1) is 6.92 Å². The summed E-state index contributed by atoms with van der Waals surface area (Å²) in [6, 6.07) is 3.01. The smallest absolute Gasteiger partial charge is 0.326 e. The molecule has 0 N–H and O–H groups in total. The fourth-order valence-corrected chi connectivity index (χ4v) is 2.41. The van der Waals surface area contributed by atoms with E-state index in [-0.39, 0.29) is 24.1 Å². The number of benzene rings is 1. The van der Waals surface area contributed by atoms with Gasteiger partial charge in [-0.2, -0.15) is 0 Å². The quantitative estimate of drug-likeness (QED) is 0.817. The van der Waals surface area contributed by atoms with Crippen molar-refractivity contribution in [3.63, 3.8) is 0 Å². The van der Waals surface area contributed by atoms with Crippen molar-refractivity contribution >= 4 is 40.1 Å². The van der Waals surface area contributed by atoms with Crippen molar-refractivity contribution < 1.29 is 9.53 Å². The number of hydrogen-bond donors (Lipinski definition) is 0. The molecular weight excluding hydrogens is 303 g/mol. The molecule has 0 saturated carbocycles. The van der Waals surface area contributed by atoms with Gasteiger partial charge in [-0.1, -0.05) is 23.2 Å². The number of rotatable bonds is 3. The molecule has 7 heteroatoms. The SMILES string of the molecule is CCOC(=O)Cn1c(C)nc2c(Cl)cc(Cl)cc2c1=O. The lowest BCUT2D eigenvalue weighted by Crippen LogP contribution is -2.28. The van der Waals surface area contributed by atoms with Crippen LogP contribution in [0.4, 0.5) is 0 Å². The summed E-state index contributed by atoms with van der Waals surface area (Å²) in [7, 11) is 0. The summed E-state index contributed by atoms with van der Waals surface area (Å²) in [5.41, 5.74) is 0.00336. The predicted octanol–water partition coefficient (Wildman–Crippen LogP) is 2.57. The number of esters is 1. The summed E-state index contributed by atoms with van der Waals surface area (Å²) < 4.78 is 6.08. The Kier molecular flexibility index (Phi) is 4.30. The van der Waals surface area contributed by atoms with Gasteiger partial charge >= 0.3 is 5.97 Å². The van der Waals surface area contributed by atoms with Crippen molar-refractivity contribution in [3.8, 4) is 0 Å². The average Bonchev–Trinajstić information content (AvgIpc) is 2.36. The van der Waals surface area contributed by atoms with Crippen LogP contribution in [0.5, 0.6) is 0 Å². The van der Waals surface area contributed by atoms with Crippen LogP contribution in [0.1, 0.15) is 12.7 Å². The average molecular weight is 315 g/mol. The van der Waals surface area contributed by atoms with Crippen molar-refractivity contribution in [2.45, 2.75) is 20.4 Å². The molecule has 0 saturated heterocycles. The highest BCUT2D eigenvalue weighted by Crippen LogP contribution is 2.24. The van der Waals surface area contributed by atoms with Crippen molar-refractivity contribution in [3.05, 3.63) is 38.4 Å². The minimum absolute atomic E-state index is 0.189. The van der Waals surface area contributed by atoms with Gasteiger partial charge in [0.15, 0.2) is 0 Å². The molecule has 0 radical (unpaired) electrons. The topological polar surface area (TPSA) is 61.2 Å². The number of hydrogen-bond acceptors (Lipinski definition) is 4. The van der Waals surface area contributed by atoms with Gasteiger partial charge in [-0.15, -0.1) is 0 Å². The first-order valence-electron chi connectivity index (χ1n) is 5.96. The lowest BCUT2D eigenvalue weighted by molar-refractivity contribution is -0.143. The van der Waals surface area contributed by atoms with E-state index >= 15 is 0 Å². The highest BCUT2D eigenvalue weighted by atomic mass is 35.5. The molecule has 0 amide bonds. The molecule has 0 fully saturated rings. The lowest BCUT2D eigenvalue weighted by atomic mass is 10.2. The van der Waals surface area contributed by atoms with E-state index in [0.717, 1.165) is 0 Å². The number of halogens is 2. The van der Waals surface area contributed by atoms with Crippen molar-refractivity contribution in [1.29, 1.82) is 0 Å². The molecule has 0 unspecified atom stereocenters. The van der Waals surface area contributed by atoms with E-state index in [1.807, 2.05) is 0 Å². The Morgan fingerprint density at radius 1 is 1.40 bits per heavy atom. The second-order valence-electron chi connectivity index (χ2n) is 4.14. The van der Waals surface area contributed by atoms with Crippen LogP contribution in [0.15, 0.2) is 16.9 Å². The fraction of sp³-hybridized carbons (Fsp3) is 0.308. The Morgan fingerprint density at radius 3 is 2.75 bits per heavy atom. The highest BCUT2D eigenvalue weighted by Gasteiger charge is 2.14. The Balaban J connectivity index is 2.63. The molecule has 0 spiro atoms. The second-order valence-corrected chi connectivity index (χ2v) is 4.98. The zero-order chi connectivity index (χ0) is 14.9. The number of nitrogens with zero attached hydrogens (tertiary/aromatic N) is 2. The van der Waals surface area contributed by atoms with Crippen molar-refractivity contribution in [1.82, 2.24) is 9.55 Å². The molecule has 2 rings (SSSR count). The first-order chi connectivity index (χ1) is 9.43. The lowest BCUT2D eigenvalue weighted by Gasteiger charge is -2.11. The molecule has 0 bridgehead atoms. The van der Waals surface area contributed by atoms with Crippen LogP contribution < -0.4 is 5.56 Å². The highest BCUT2D eigenvalue weighted by molar-refractivity contribution is 6.38. The third-order valence-corrected chi connectivity index (χ3v) is 3.27. The van der Waals surface area contributed by atoms with Gasteiger partial charge in [-0.3, -0.25) is 14.2 Å². The molecule has 1 aromatic heterocycles. The van der Waals surface area contributed by atoms with E-state index in [0.29, 0.717) is 21.4 Å². The van der Waals surface area contributed by atoms with Gasteiger partial charge in [0.2, 0.25) is 0 Å². The number of aryl methyl sites for hydroxylation is 1. The van der Waals surface area contributed by atoms with Gasteiger partial charge in [-0.25, -0.2) is 4.98 Å². The third-order valence-electron chi connectivity index (χ3n) is 2.76. The van der Waals surface area contributed by atoms with Gasteiger partial charge in [0.05, 0.1) is 22.5 Å². The molecule has 106 valence electrons. The summed E-state index contributed by atoms with van der Waals surface area (Å²) >= 11 is 11.9. The number of fused-ring (bicyclic) bond motifs is 1. The maximum Gasteiger partial charge on any atom is 0.326 e. The Bertz CT molecular complexity index is 740. The second kappa shape index (κ2) is 5.81. The summed E-state index contributed by atoms with van der Waals surface area (Å²) in [4.78, 5) is 28.2. The maximum atomic E-state index is 12.4. The largest absolute Gasteiger partial charge is 0.465 e. The van der Waals surface area contributed by atoms with E-state index in [1.54, 1.807) is 13.8 Å². The molecule has 1 aromatic carbocycles. The molecule has 0 aliphatic rings. The number of carbonyl (C=O) groups excluding carboxylic acids is 1. The zero-order valence-electron chi connectivity index (χ0n) is 10.9. The molecule has 0 aliphatic heterocycles. The molecule has 5 nitrogen and oxygen atoms in total. The van der Waals surface area contributed by atoms with E-state index in [2.05, 4.69) is 4.98 Å². The fourth-order valence-electron chi connectivity index (χ4n) is 1.88. The number of aromatic nitrogens is 2. The van der Waals surface area contributed by atoms with Gasteiger partial charge in [0, 0.05) is 5.02 Å². The minimum atomic E-state index is -0.494. The standard InChI is InChI=1S/C13H12Cl2N2O3/c1-3-20-11(18)6-17-7(2)16-12-9(13(17)19)4-8(14)5-10(12)15/h4-5H,3,6H2,1-2H3. The van der Waals surface area contributed by atoms with Gasteiger partial charge in [-0.05, 0) is 26.0 Å². The van der Waals surface area contributed by atoms with Crippen LogP contribution in [-0.2, 0) is 16.1 Å². The van der Waals surface area contributed by atoms with Crippen molar-refractivity contribution in [2.75, 3.05) is 6.61 Å². The zero-order valence-corrected chi connectivity index (χ0v) is 12.5. The Labute approximate surface area is 125 Å². The summed E-state index contributed by atoms with van der Waals surface area (Å²) in [6.07, 6.45) is 0. The van der Waals surface area contributed by atoms with Crippen molar-refractivity contribution in [2.24, 2.45) is 0 Å². The summed E-state index contributed by atoms with van der Waals surface area (Å²) in [5.74, 6) is -0.105. The molecule has 20 heavy (non-hydrogen) atoms. The summed E-state index contributed by atoms with van der Waals surface area (Å²) in [6.45, 7) is 3.40. The normalized spacial score (nSPS) is 10.8. The van der Waals surface area contributed by atoms with E-state index in [4.69, 9.17) is 27.9 Å². The summed E-state index contributed by atoms with van der Waals surface area (Å²) in [5, 5.41) is 0.918. The molecule has 0 atom stereocenters. The van der Waals surface area contributed by atoms with Gasteiger partial charge in [0.25, 0.3) is 5.56 Å². The molecule has 0 aliphatic carbocycles.